The smallest absolute Gasteiger partial charge is 0.329 e. The maximum absolute atomic E-state index is 12.5. The first-order valence-electron chi connectivity index (χ1n) is 8.57. The molecule has 0 spiro atoms. The Kier molecular flexibility index (Phi) is 4.55. The predicted molar refractivity (Wildman–Crippen MR) is 91.4 cm³/mol. The second-order valence-corrected chi connectivity index (χ2v) is 6.63. The van der Waals surface area contributed by atoms with E-state index < -0.39 is 0 Å². The van der Waals surface area contributed by atoms with Gasteiger partial charge in [0.1, 0.15) is 6.54 Å². The van der Waals surface area contributed by atoms with Crippen molar-refractivity contribution in [3.05, 3.63) is 34.7 Å². The second-order valence-electron chi connectivity index (χ2n) is 6.63. The van der Waals surface area contributed by atoms with Crippen molar-refractivity contribution in [3.63, 3.8) is 0 Å². The van der Waals surface area contributed by atoms with Crippen LogP contribution in [0.2, 0.25) is 0 Å². The molecular weight excluding hydrogens is 290 g/mol. The number of aromatic nitrogens is 2. The Bertz CT molecular complexity index is 751. The maximum Gasteiger partial charge on any atom is 0.329 e. The molecule has 0 saturated heterocycles. The number of rotatable bonds is 4. The first kappa shape index (κ1) is 15.8. The third-order valence-electron chi connectivity index (χ3n) is 4.92. The summed E-state index contributed by atoms with van der Waals surface area (Å²) >= 11 is 0. The van der Waals surface area contributed by atoms with Crippen LogP contribution in [0.3, 0.4) is 0 Å². The van der Waals surface area contributed by atoms with Crippen LogP contribution in [0, 0.1) is 5.92 Å². The average Bonchev–Trinajstić information content (AvgIpc) is 2.81. The Labute approximate surface area is 136 Å². The molecule has 1 N–H and O–H groups in total. The van der Waals surface area contributed by atoms with E-state index in [9.17, 15) is 9.59 Å². The molecule has 23 heavy (non-hydrogen) atoms. The van der Waals surface area contributed by atoms with Crippen LogP contribution in [0.15, 0.2) is 29.1 Å². The van der Waals surface area contributed by atoms with Crippen molar-refractivity contribution in [3.8, 4) is 0 Å². The first-order valence-corrected chi connectivity index (χ1v) is 8.57. The number of amides is 1. The maximum atomic E-state index is 12.5. The molecule has 5 heteroatoms. The van der Waals surface area contributed by atoms with Crippen LogP contribution in [-0.2, 0) is 17.9 Å². The number of carbonyl (C=O) groups is 1. The van der Waals surface area contributed by atoms with Gasteiger partial charge in [0.2, 0.25) is 5.91 Å². The van der Waals surface area contributed by atoms with E-state index in [1.165, 1.54) is 12.8 Å². The van der Waals surface area contributed by atoms with Gasteiger partial charge in [-0.3, -0.25) is 13.9 Å². The van der Waals surface area contributed by atoms with Gasteiger partial charge in [0.25, 0.3) is 0 Å². The van der Waals surface area contributed by atoms with E-state index >= 15 is 0 Å². The Morgan fingerprint density at radius 3 is 2.35 bits per heavy atom. The number of nitrogens with zero attached hydrogens (tertiary/aromatic N) is 2. The van der Waals surface area contributed by atoms with Crippen molar-refractivity contribution in [1.82, 2.24) is 14.5 Å². The summed E-state index contributed by atoms with van der Waals surface area (Å²) in [4.78, 5) is 24.9. The zero-order valence-corrected chi connectivity index (χ0v) is 13.9. The van der Waals surface area contributed by atoms with Crippen molar-refractivity contribution >= 4 is 16.9 Å². The van der Waals surface area contributed by atoms with Gasteiger partial charge in [-0.15, -0.1) is 0 Å². The largest absolute Gasteiger partial charge is 0.352 e. The fourth-order valence-electron chi connectivity index (χ4n) is 3.55. The summed E-state index contributed by atoms with van der Waals surface area (Å²) in [5, 5.41) is 3.10. The van der Waals surface area contributed by atoms with Crippen LogP contribution >= 0.6 is 0 Å². The first-order chi connectivity index (χ1) is 11.1. The lowest BCUT2D eigenvalue weighted by molar-refractivity contribution is -0.122. The number of para-hydroxylation sites is 2. The summed E-state index contributed by atoms with van der Waals surface area (Å²) in [7, 11) is 0. The Morgan fingerprint density at radius 2 is 1.74 bits per heavy atom. The topological polar surface area (TPSA) is 56.0 Å². The van der Waals surface area contributed by atoms with Crippen molar-refractivity contribution in [2.24, 2.45) is 5.92 Å². The summed E-state index contributed by atoms with van der Waals surface area (Å²) in [5.74, 6) is 0.693. The molecule has 1 aliphatic carbocycles. The van der Waals surface area contributed by atoms with E-state index in [1.807, 2.05) is 31.2 Å². The normalized spacial score (nSPS) is 21.5. The van der Waals surface area contributed by atoms with Crippen LogP contribution in [0.1, 0.15) is 39.5 Å². The predicted octanol–water partition coefficient (Wildman–Crippen LogP) is 2.52. The van der Waals surface area contributed by atoms with Gasteiger partial charge < -0.3 is 5.32 Å². The molecule has 2 aromatic rings. The van der Waals surface area contributed by atoms with Crippen molar-refractivity contribution < 1.29 is 4.79 Å². The third kappa shape index (κ3) is 3.19. The zero-order valence-electron chi connectivity index (χ0n) is 13.9. The van der Waals surface area contributed by atoms with Crippen LogP contribution in [0.4, 0.5) is 0 Å². The molecule has 0 radical (unpaired) electrons. The van der Waals surface area contributed by atoms with E-state index in [0.717, 1.165) is 29.8 Å². The quantitative estimate of drug-likeness (QED) is 0.942. The van der Waals surface area contributed by atoms with E-state index in [1.54, 1.807) is 9.13 Å². The highest BCUT2D eigenvalue weighted by molar-refractivity contribution is 5.81. The van der Waals surface area contributed by atoms with Gasteiger partial charge in [-0.05, 0) is 50.7 Å². The molecular formula is C18H25N3O2. The number of fused-ring (bicyclic) bond motifs is 1. The molecule has 0 atom stereocenters. The highest BCUT2D eigenvalue weighted by Crippen LogP contribution is 2.23. The summed E-state index contributed by atoms with van der Waals surface area (Å²) in [6, 6.07) is 7.91. The molecule has 1 saturated carbocycles. The summed E-state index contributed by atoms with van der Waals surface area (Å²) in [6.07, 6.45) is 4.41. The molecule has 5 nitrogen and oxygen atoms in total. The highest BCUT2D eigenvalue weighted by atomic mass is 16.2. The van der Waals surface area contributed by atoms with Crippen LogP contribution in [0.25, 0.3) is 11.0 Å². The van der Waals surface area contributed by atoms with Gasteiger partial charge in [0.05, 0.1) is 11.0 Å². The lowest BCUT2D eigenvalue weighted by atomic mass is 9.87. The monoisotopic (exact) mass is 315 g/mol. The molecule has 3 rings (SSSR count). The lowest BCUT2D eigenvalue weighted by Gasteiger charge is -2.26. The molecule has 0 unspecified atom stereocenters. The van der Waals surface area contributed by atoms with Crippen molar-refractivity contribution in [2.45, 2.75) is 58.7 Å². The molecule has 0 aliphatic heterocycles. The van der Waals surface area contributed by atoms with Gasteiger partial charge >= 0.3 is 5.69 Å². The second kappa shape index (κ2) is 6.60. The fourth-order valence-corrected chi connectivity index (χ4v) is 3.55. The lowest BCUT2D eigenvalue weighted by Crippen LogP contribution is -2.40. The van der Waals surface area contributed by atoms with E-state index in [4.69, 9.17) is 0 Å². The number of benzene rings is 1. The number of aryl methyl sites for hydroxylation is 1. The van der Waals surface area contributed by atoms with E-state index in [-0.39, 0.29) is 24.2 Å². The molecule has 1 aliphatic rings. The number of hydrogen-bond acceptors (Lipinski definition) is 2. The third-order valence-corrected chi connectivity index (χ3v) is 4.92. The standard InChI is InChI=1S/C18H25N3O2/c1-3-20-15-6-4-5-7-16(15)21(18(20)23)12-17(22)19-14-10-8-13(2)9-11-14/h4-7,13-14H,3,8-12H2,1-2H3,(H,19,22). The van der Waals surface area contributed by atoms with Gasteiger partial charge in [0, 0.05) is 12.6 Å². The molecule has 1 amide bonds. The van der Waals surface area contributed by atoms with Crippen molar-refractivity contribution in [2.75, 3.05) is 0 Å². The minimum atomic E-state index is -0.110. The highest BCUT2D eigenvalue weighted by Gasteiger charge is 2.21. The number of nitrogens with one attached hydrogen (secondary N) is 1. The minimum Gasteiger partial charge on any atom is -0.352 e. The van der Waals surface area contributed by atoms with Gasteiger partial charge in [-0.1, -0.05) is 19.1 Å². The van der Waals surface area contributed by atoms with Crippen LogP contribution in [0.5, 0.6) is 0 Å². The Balaban J connectivity index is 1.77. The summed E-state index contributed by atoms with van der Waals surface area (Å²) in [5.41, 5.74) is 1.60. The SMILES string of the molecule is CCn1c(=O)n(CC(=O)NC2CCC(C)CC2)c2ccccc21. The number of imidazole rings is 1. The summed E-state index contributed by atoms with van der Waals surface area (Å²) in [6.45, 7) is 4.91. The molecule has 124 valence electrons. The molecule has 1 aromatic carbocycles. The van der Waals surface area contributed by atoms with Gasteiger partial charge in [-0.25, -0.2) is 4.79 Å². The molecule has 0 bridgehead atoms. The van der Waals surface area contributed by atoms with Gasteiger partial charge in [-0.2, -0.15) is 0 Å². The minimum absolute atomic E-state index is 0.0642. The van der Waals surface area contributed by atoms with Crippen LogP contribution in [-0.4, -0.2) is 21.1 Å². The fraction of sp³-hybridized carbons (Fsp3) is 0.556. The summed E-state index contributed by atoms with van der Waals surface area (Å²) < 4.78 is 3.30. The van der Waals surface area contributed by atoms with E-state index in [2.05, 4.69) is 12.2 Å². The zero-order chi connectivity index (χ0) is 16.4. The molecule has 1 aromatic heterocycles. The molecule has 1 fully saturated rings. The Morgan fingerprint density at radius 1 is 1.13 bits per heavy atom. The number of carbonyl (C=O) groups excluding carboxylic acids is 1. The Hall–Kier alpha value is -2.04. The van der Waals surface area contributed by atoms with Gasteiger partial charge in [0.15, 0.2) is 0 Å². The van der Waals surface area contributed by atoms with E-state index in [0.29, 0.717) is 6.54 Å². The average molecular weight is 315 g/mol. The molecule has 1 heterocycles. The van der Waals surface area contributed by atoms with Crippen molar-refractivity contribution in [1.29, 1.82) is 0 Å². The van der Waals surface area contributed by atoms with Crippen LogP contribution < -0.4 is 11.0 Å². The number of hydrogen-bond donors (Lipinski definition) is 1.